The Labute approximate surface area is 103 Å². The van der Waals surface area contributed by atoms with Crippen molar-refractivity contribution in [3.05, 3.63) is 0 Å². The molecule has 0 aromatic heterocycles. The SMILES string of the molecule is CCOC1CC(NS(=O)(=O)N2CCNCC2)C1. The molecule has 0 atom stereocenters. The summed E-state index contributed by atoms with van der Waals surface area (Å²) >= 11 is 0. The molecular weight excluding hydrogens is 242 g/mol. The molecule has 0 unspecified atom stereocenters. The molecule has 1 heterocycles. The highest BCUT2D eigenvalue weighted by Gasteiger charge is 2.34. The fourth-order valence-corrected chi connectivity index (χ4v) is 3.63. The zero-order valence-electron chi connectivity index (χ0n) is 10.2. The molecule has 0 radical (unpaired) electrons. The third-order valence-corrected chi connectivity index (χ3v) is 4.90. The predicted molar refractivity (Wildman–Crippen MR) is 64.9 cm³/mol. The van der Waals surface area contributed by atoms with Crippen molar-refractivity contribution in [2.24, 2.45) is 0 Å². The van der Waals surface area contributed by atoms with Gasteiger partial charge in [-0.05, 0) is 19.8 Å². The second-order valence-corrected chi connectivity index (χ2v) is 6.22. The van der Waals surface area contributed by atoms with E-state index in [1.54, 1.807) is 0 Å². The summed E-state index contributed by atoms with van der Waals surface area (Å²) in [6.07, 6.45) is 1.81. The minimum absolute atomic E-state index is 0.0476. The Morgan fingerprint density at radius 3 is 2.59 bits per heavy atom. The zero-order valence-corrected chi connectivity index (χ0v) is 11.0. The van der Waals surface area contributed by atoms with Gasteiger partial charge in [0.05, 0.1) is 6.10 Å². The van der Waals surface area contributed by atoms with Crippen LogP contribution in [0.2, 0.25) is 0 Å². The largest absolute Gasteiger partial charge is 0.378 e. The van der Waals surface area contributed by atoms with Gasteiger partial charge in [0.1, 0.15) is 0 Å². The van der Waals surface area contributed by atoms with Gasteiger partial charge in [0.25, 0.3) is 10.2 Å². The van der Waals surface area contributed by atoms with E-state index in [1.807, 2.05) is 6.92 Å². The van der Waals surface area contributed by atoms with Crippen LogP contribution in [0.15, 0.2) is 0 Å². The molecule has 0 amide bonds. The number of hydrogen-bond donors (Lipinski definition) is 2. The Morgan fingerprint density at radius 1 is 1.35 bits per heavy atom. The van der Waals surface area contributed by atoms with E-state index in [9.17, 15) is 8.42 Å². The van der Waals surface area contributed by atoms with Crippen LogP contribution in [0.5, 0.6) is 0 Å². The first-order valence-corrected chi connectivity index (χ1v) is 7.65. The Bertz CT molecular complexity index is 335. The van der Waals surface area contributed by atoms with Crippen molar-refractivity contribution in [3.63, 3.8) is 0 Å². The summed E-state index contributed by atoms with van der Waals surface area (Å²) in [5.41, 5.74) is 0. The minimum atomic E-state index is -3.29. The smallest absolute Gasteiger partial charge is 0.279 e. The van der Waals surface area contributed by atoms with E-state index in [1.165, 1.54) is 4.31 Å². The van der Waals surface area contributed by atoms with Crippen molar-refractivity contribution in [1.82, 2.24) is 14.3 Å². The Kier molecular flexibility index (Phi) is 4.37. The van der Waals surface area contributed by atoms with Gasteiger partial charge in [-0.25, -0.2) is 0 Å². The lowest BCUT2D eigenvalue weighted by molar-refractivity contribution is -0.00509. The van der Waals surface area contributed by atoms with Gasteiger partial charge in [-0.1, -0.05) is 0 Å². The van der Waals surface area contributed by atoms with Crippen LogP contribution in [0, 0.1) is 0 Å². The van der Waals surface area contributed by atoms with Gasteiger partial charge in [-0.3, -0.25) is 0 Å². The summed E-state index contributed by atoms with van der Waals surface area (Å²) in [6.45, 7) is 5.22. The van der Waals surface area contributed by atoms with Gasteiger partial charge in [-0.2, -0.15) is 17.4 Å². The first-order chi connectivity index (χ1) is 8.12. The van der Waals surface area contributed by atoms with Crippen LogP contribution in [0.25, 0.3) is 0 Å². The summed E-state index contributed by atoms with van der Waals surface area (Å²) in [5.74, 6) is 0. The number of nitrogens with zero attached hydrogens (tertiary/aromatic N) is 1. The Morgan fingerprint density at radius 2 is 2.00 bits per heavy atom. The van der Waals surface area contributed by atoms with E-state index in [0.717, 1.165) is 25.9 Å². The monoisotopic (exact) mass is 263 g/mol. The Hall–Kier alpha value is -0.210. The van der Waals surface area contributed by atoms with Crippen molar-refractivity contribution < 1.29 is 13.2 Å². The standard InChI is InChI=1S/C10H21N3O3S/c1-2-16-10-7-9(8-10)12-17(14,15)13-5-3-11-4-6-13/h9-12H,2-8H2,1H3. The number of ether oxygens (including phenoxy) is 1. The van der Waals surface area contributed by atoms with Crippen LogP contribution in [-0.4, -0.2) is 57.7 Å². The van der Waals surface area contributed by atoms with Crippen molar-refractivity contribution in [2.75, 3.05) is 32.8 Å². The summed E-state index contributed by atoms with van der Waals surface area (Å²) in [5, 5.41) is 3.14. The molecule has 17 heavy (non-hydrogen) atoms. The van der Waals surface area contributed by atoms with E-state index in [2.05, 4.69) is 10.0 Å². The van der Waals surface area contributed by atoms with E-state index in [0.29, 0.717) is 19.7 Å². The maximum atomic E-state index is 12.0. The second kappa shape index (κ2) is 5.62. The lowest BCUT2D eigenvalue weighted by atomic mass is 9.90. The average molecular weight is 263 g/mol. The summed E-state index contributed by atoms with van der Waals surface area (Å²) < 4.78 is 33.7. The molecule has 7 heteroatoms. The average Bonchev–Trinajstić information content (AvgIpc) is 2.27. The molecule has 1 aliphatic carbocycles. The van der Waals surface area contributed by atoms with E-state index in [-0.39, 0.29) is 12.1 Å². The maximum absolute atomic E-state index is 12.0. The fraction of sp³-hybridized carbons (Fsp3) is 1.00. The molecule has 2 N–H and O–H groups in total. The number of hydrogen-bond acceptors (Lipinski definition) is 4. The van der Waals surface area contributed by atoms with Crippen molar-refractivity contribution in [3.8, 4) is 0 Å². The normalized spacial score (nSPS) is 31.1. The molecule has 0 aromatic rings. The molecule has 0 aromatic carbocycles. The highest BCUT2D eigenvalue weighted by molar-refractivity contribution is 7.87. The van der Waals surface area contributed by atoms with Crippen LogP contribution in [0.1, 0.15) is 19.8 Å². The van der Waals surface area contributed by atoms with Crippen molar-refractivity contribution in [2.45, 2.75) is 31.9 Å². The maximum Gasteiger partial charge on any atom is 0.279 e. The summed E-state index contributed by atoms with van der Waals surface area (Å²) in [7, 11) is -3.29. The first-order valence-electron chi connectivity index (χ1n) is 6.21. The van der Waals surface area contributed by atoms with Crippen molar-refractivity contribution >= 4 is 10.2 Å². The molecule has 2 aliphatic rings. The molecule has 0 spiro atoms. The quantitative estimate of drug-likeness (QED) is 0.688. The number of piperazine rings is 1. The summed E-state index contributed by atoms with van der Waals surface area (Å²) in [4.78, 5) is 0. The number of rotatable bonds is 5. The van der Waals surface area contributed by atoms with Gasteiger partial charge >= 0.3 is 0 Å². The number of nitrogens with one attached hydrogen (secondary N) is 2. The lowest BCUT2D eigenvalue weighted by Crippen LogP contribution is -2.55. The predicted octanol–water partition coefficient (Wildman–Crippen LogP) is -0.706. The molecule has 1 aliphatic heterocycles. The first kappa shape index (κ1) is 13.2. The van der Waals surface area contributed by atoms with Gasteiger partial charge in [0.15, 0.2) is 0 Å². The molecule has 2 fully saturated rings. The van der Waals surface area contributed by atoms with Crippen LogP contribution in [-0.2, 0) is 14.9 Å². The third-order valence-electron chi connectivity index (χ3n) is 3.23. The molecule has 1 saturated heterocycles. The lowest BCUT2D eigenvalue weighted by Gasteiger charge is -2.37. The van der Waals surface area contributed by atoms with Gasteiger partial charge in [0.2, 0.25) is 0 Å². The topological polar surface area (TPSA) is 70.7 Å². The van der Waals surface area contributed by atoms with Gasteiger partial charge in [-0.15, -0.1) is 0 Å². The van der Waals surface area contributed by atoms with Crippen LogP contribution in [0.3, 0.4) is 0 Å². The third kappa shape index (κ3) is 3.38. The van der Waals surface area contributed by atoms with E-state index < -0.39 is 10.2 Å². The molecule has 6 nitrogen and oxygen atoms in total. The highest BCUT2D eigenvalue weighted by Crippen LogP contribution is 2.24. The van der Waals surface area contributed by atoms with Gasteiger partial charge in [0, 0.05) is 38.8 Å². The zero-order chi connectivity index (χ0) is 12.3. The fourth-order valence-electron chi connectivity index (χ4n) is 2.20. The minimum Gasteiger partial charge on any atom is -0.378 e. The van der Waals surface area contributed by atoms with Crippen LogP contribution < -0.4 is 10.0 Å². The molecule has 0 bridgehead atoms. The van der Waals surface area contributed by atoms with Crippen molar-refractivity contribution in [1.29, 1.82) is 0 Å². The van der Waals surface area contributed by atoms with Crippen LogP contribution in [0.4, 0.5) is 0 Å². The molecule has 2 rings (SSSR count). The summed E-state index contributed by atoms with van der Waals surface area (Å²) in [6, 6.07) is 0.0476. The Balaban J connectivity index is 1.78. The van der Waals surface area contributed by atoms with E-state index >= 15 is 0 Å². The highest BCUT2D eigenvalue weighted by atomic mass is 32.2. The van der Waals surface area contributed by atoms with E-state index in [4.69, 9.17) is 4.74 Å². The molecule has 1 saturated carbocycles. The van der Waals surface area contributed by atoms with Crippen LogP contribution >= 0.6 is 0 Å². The molecular formula is C10H21N3O3S. The van der Waals surface area contributed by atoms with Gasteiger partial charge < -0.3 is 10.1 Å². The molecule has 100 valence electrons. The second-order valence-electron chi connectivity index (χ2n) is 4.52.